The molecule has 1 aliphatic rings. The molecule has 1 heterocycles. The summed E-state index contributed by atoms with van der Waals surface area (Å²) in [6, 6.07) is 8.85. The molecule has 1 atom stereocenters. The zero-order valence-corrected chi connectivity index (χ0v) is 10.4. The highest BCUT2D eigenvalue weighted by molar-refractivity contribution is 5.85. The Kier molecular flexibility index (Phi) is 4.18. The van der Waals surface area contributed by atoms with Crippen LogP contribution in [0.1, 0.15) is 30.9 Å². The molecule has 0 aromatic heterocycles. The number of benzene rings is 1. The van der Waals surface area contributed by atoms with Crippen molar-refractivity contribution in [1.82, 2.24) is 5.32 Å². The van der Waals surface area contributed by atoms with E-state index in [0.29, 0.717) is 5.54 Å². The summed E-state index contributed by atoms with van der Waals surface area (Å²) < 4.78 is 0. The van der Waals surface area contributed by atoms with Gasteiger partial charge in [-0.1, -0.05) is 29.8 Å². The third-order valence-electron chi connectivity index (χ3n) is 3.13. The molecule has 2 heteroatoms. The first-order valence-corrected chi connectivity index (χ1v) is 5.49. The van der Waals surface area contributed by atoms with E-state index in [1.165, 1.54) is 30.5 Å². The average molecular weight is 226 g/mol. The van der Waals surface area contributed by atoms with E-state index in [4.69, 9.17) is 0 Å². The minimum Gasteiger partial charge on any atom is -0.311 e. The standard InChI is InChI=1S/C13H19N.ClH/c1-11-5-3-6-12(9-11)10-13(2)7-4-8-14-13;/h3,5-6,9,14H,4,7-8,10H2,1-2H3;1H. The highest BCUT2D eigenvalue weighted by Gasteiger charge is 2.27. The summed E-state index contributed by atoms with van der Waals surface area (Å²) in [5.41, 5.74) is 3.17. The number of halogens is 1. The Balaban J connectivity index is 0.00000112. The maximum absolute atomic E-state index is 3.60. The van der Waals surface area contributed by atoms with Gasteiger partial charge in [0.1, 0.15) is 0 Å². The fourth-order valence-electron chi connectivity index (χ4n) is 2.38. The van der Waals surface area contributed by atoms with Crippen molar-refractivity contribution in [2.45, 2.75) is 38.6 Å². The predicted molar refractivity (Wildman–Crippen MR) is 67.8 cm³/mol. The minimum atomic E-state index is 0. The first-order valence-electron chi connectivity index (χ1n) is 5.49. The van der Waals surface area contributed by atoms with Crippen LogP contribution in [-0.2, 0) is 6.42 Å². The molecule has 1 aromatic rings. The monoisotopic (exact) mass is 225 g/mol. The van der Waals surface area contributed by atoms with Gasteiger partial charge >= 0.3 is 0 Å². The molecule has 1 nitrogen and oxygen atoms in total. The molecule has 84 valence electrons. The molecule has 0 amide bonds. The largest absolute Gasteiger partial charge is 0.311 e. The van der Waals surface area contributed by atoms with E-state index in [9.17, 15) is 0 Å². The predicted octanol–water partition coefficient (Wildman–Crippen LogP) is 3.10. The average Bonchev–Trinajstić information content (AvgIpc) is 2.51. The van der Waals surface area contributed by atoms with Gasteiger partial charge < -0.3 is 5.32 Å². The van der Waals surface area contributed by atoms with Gasteiger partial charge in [0.05, 0.1) is 0 Å². The Hall–Kier alpha value is -0.530. The lowest BCUT2D eigenvalue weighted by molar-refractivity contribution is 0.412. The van der Waals surface area contributed by atoms with Gasteiger partial charge in [0.2, 0.25) is 0 Å². The van der Waals surface area contributed by atoms with Gasteiger partial charge in [0, 0.05) is 5.54 Å². The van der Waals surface area contributed by atoms with Crippen molar-refractivity contribution >= 4 is 12.4 Å². The van der Waals surface area contributed by atoms with Gasteiger partial charge in [-0.25, -0.2) is 0 Å². The molecule has 1 unspecified atom stereocenters. The minimum absolute atomic E-state index is 0. The topological polar surface area (TPSA) is 12.0 Å². The van der Waals surface area contributed by atoms with Crippen molar-refractivity contribution in [3.63, 3.8) is 0 Å². The third-order valence-corrected chi connectivity index (χ3v) is 3.13. The molecular formula is C13H20ClN. The summed E-state index contributed by atoms with van der Waals surface area (Å²) in [7, 11) is 0. The maximum Gasteiger partial charge on any atom is 0.0194 e. The molecule has 0 saturated carbocycles. The summed E-state index contributed by atoms with van der Waals surface area (Å²) in [5, 5.41) is 3.60. The van der Waals surface area contributed by atoms with Crippen LogP contribution in [-0.4, -0.2) is 12.1 Å². The Labute approximate surface area is 98.7 Å². The first kappa shape index (κ1) is 12.5. The van der Waals surface area contributed by atoms with E-state index in [0.717, 1.165) is 6.42 Å². The highest BCUT2D eigenvalue weighted by Crippen LogP contribution is 2.23. The number of hydrogen-bond donors (Lipinski definition) is 1. The number of aryl methyl sites for hydroxylation is 1. The molecule has 1 aromatic carbocycles. The fourth-order valence-corrected chi connectivity index (χ4v) is 2.38. The summed E-state index contributed by atoms with van der Waals surface area (Å²) in [5.74, 6) is 0. The van der Waals surface area contributed by atoms with Crippen molar-refractivity contribution in [1.29, 1.82) is 0 Å². The molecule has 0 radical (unpaired) electrons. The second-order valence-electron chi connectivity index (χ2n) is 4.76. The molecule has 0 aliphatic carbocycles. The van der Waals surface area contributed by atoms with E-state index in [2.05, 4.69) is 43.4 Å². The van der Waals surface area contributed by atoms with Crippen molar-refractivity contribution in [3.05, 3.63) is 35.4 Å². The molecule has 1 saturated heterocycles. The van der Waals surface area contributed by atoms with Gasteiger partial charge in [-0.05, 0) is 45.2 Å². The van der Waals surface area contributed by atoms with Gasteiger partial charge in [-0.15, -0.1) is 12.4 Å². The molecule has 15 heavy (non-hydrogen) atoms. The fraction of sp³-hybridized carbons (Fsp3) is 0.538. The summed E-state index contributed by atoms with van der Waals surface area (Å²) in [6.07, 6.45) is 3.79. The van der Waals surface area contributed by atoms with Crippen LogP contribution in [0.3, 0.4) is 0 Å². The third kappa shape index (κ3) is 3.22. The van der Waals surface area contributed by atoms with Crippen molar-refractivity contribution < 1.29 is 0 Å². The number of rotatable bonds is 2. The van der Waals surface area contributed by atoms with Crippen molar-refractivity contribution in [2.24, 2.45) is 0 Å². The molecule has 2 rings (SSSR count). The lowest BCUT2D eigenvalue weighted by atomic mass is 9.91. The lowest BCUT2D eigenvalue weighted by Gasteiger charge is -2.24. The zero-order valence-electron chi connectivity index (χ0n) is 9.55. The van der Waals surface area contributed by atoms with Crippen LogP contribution in [0.25, 0.3) is 0 Å². The van der Waals surface area contributed by atoms with Crippen LogP contribution in [0, 0.1) is 6.92 Å². The summed E-state index contributed by atoms with van der Waals surface area (Å²) >= 11 is 0. The quantitative estimate of drug-likeness (QED) is 0.816. The molecule has 1 fully saturated rings. The smallest absolute Gasteiger partial charge is 0.0194 e. The van der Waals surface area contributed by atoms with Crippen LogP contribution in [0.5, 0.6) is 0 Å². The van der Waals surface area contributed by atoms with Gasteiger partial charge in [-0.2, -0.15) is 0 Å². The van der Waals surface area contributed by atoms with E-state index >= 15 is 0 Å². The Morgan fingerprint density at radius 1 is 1.40 bits per heavy atom. The molecule has 1 aliphatic heterocycles. The highest BCUT2D eigenvalue weighted by atomic mass is 35.5. The second-order valence-corrected chi connectivity index (χ2v) is 4.76. The number of hydrogen-bond acceptors (Lipinski definition) is 1. The van der Waals surface area contributed by atoms with Crippen LogP contribution < -0.4 is 5.32 Å². The van der Waals surface area contributed by atoms with E-state index in [-0.39, 0.29) is 12.4 Å². The summed E-state index contributed by atoms with van der Waals surface area (Å²) in [6.45, 7) is 5.68. The molecule has 0 bridgehead atoms. The van der Waals surface area contributed by atoms with E-state index in [1.54, 1.807) is 0 Å². The van der Waals surface area contributed by atoms with Crippen LogP contribution >= 0.6 is 12.4 Å². The lowest BCUT2D eigenvalue weighted by Crippen LogP contribution is -2.38. The molecule has 0 spiro atoms. The van der Waals surface area contributed by atoms with Crippen molar-refractivity contribution in [2.75, 3.05) is 6.54 Å². The Bertz CT molecular complexity index is 316. The Morgan fingerprint density at radius 2 is 2.20 bits per heavy atom. The molecule has 1 N–H and O–H groups in total. The van der Waals surface area contributed by atoms with Gasteiger partial charge in [-0.3, -0.25) is 0 Å². The SMILES string of the molecule is Cc1cccc(CC2(C)CCCN2)c1.Cl. The van der Waals surface area contributed by atoms with E-state index in [1.807, 2.05) is 0 Å². The van der Waals surface area contributed by atoms with Crippen LogP contribution in [0.4, 0.5) is 0 Å². The Morgan fingerprint density at radius 3 is 2.80 bits per heavy atom. The van der Waals surface area contributed by atoms with Crippen LogP contribution in [0.2, 0.25) is 0 Å². The van der Waals surface area contributed by atoms with Gasteiger partial charge in [0.25, 0.3) is 0 Å². The summed E-state index contributed by atoms with van der Waals surface area (Å²) in [4.78, 5) is 0. The normalized spacial score (nSPS) is 24.9. The van der Waals surface area contributed by atoms with E-state index < -0.39 is 0 Å². The zero-order chi connectivity index (χ0) is 10.0. The number of nitrogens with one attached hydrogen (secondary N) is 1. The van der Waals surface area contributed by atoms with Gasteiger partial charge in [0.15, 0.2) is 0 Å². The van der Waals surface area contributed by atoms with Crippen molar-refractivity contribution in [3.8, 4) is 0 Å². The maximum atomic E-state index is 3.60. The second kappa shape index (κ2) is 5.00. The molecular weight excluding hydrogens is 206 g/mol. The van der Waals surface area contributed by atoms with Crippen LogP contribution in [0.15, 0.2) is 24.3 Å². The first-order chi connectivity index (χ1) is 6.68.